The van der Waals surface area contributed by atoms with Crippen LogP contribution in [-0.2, 0) is 20.8 Å². The van der Waals surface area contributed by atoms with Gasteiger partial charge in [-0.1, -0.05) is 35.5 Å². The van der Waals surface area contributed by atoms with Gasteiger partial charge in [0.2, 0.25) is 5.91 Å². The van der Waals surface area contributed by atoms with E-state index >= 15 is 0 Å². The molecule has 0 aliphatic heterocycles. The molecule has 0 atom stereocenters. The maximum Gasteiger partial charge on any atom is 0.387 e. The number of halogens is 4. The van der Waals surface area contributed by atoms with E-state index in [0.29, 0.717) is 5.92 Å². The lowest BCUT2D eigenvalue weighted by molar-refractivity contribution is -0.120. The van der Waals surface area contributed by atoms with Crippen LogP contribution in [0.25, 0.3) is 0 Å². The van der Waals surface area contributed by atoms with Crippen LogP contribution in [0.1, 0.15) is 24.8 Å². The third-order valence-corrected chi connectivity index (χ3v) is 4.46. The van der Waals surface area contributed by atoms with E-state index in [2.05, 4.69) is 15.2 Å². The number of alkyl halides is 2. The van der Waals surface area contributed by atoms with Gasteiger partial charge in [-0.2, -0.15) is 8.78 Å². The van der Waals surface area contributed by atoms with E-state index < -0.39 is 54.2 Å². The Hall–Kier alpha value is -2.84. The Kier molecular flexibility index (Phi) is 6.90. The maximum atomic E-state index is 14.5. The van der Waals surface area contributed by atoms with E-state index in [1.54, 1.807) is 30.3 Å². The van der Waals surface area contributed by atoms with Gasteiger partial charge in [-0.05, 0) is 24.3 Å². The van der Waals surface area contributed by atoms with E-state index in [9.17, 15) is 22.4 Å². The van der Waals surface area contributed by atoms with Crippen LogP contribution in [0.15, 0.2) is 58.5 Å². The Morgan fingerprint density at radius 1 is 1.17 bits per heavy atom. The van der Waals surface area contributed by atoms with E-state index in [1.165, 1.54) is 0 Å². The van der Waals surface area contributed by atoms with Crippen LogP contribution in [-0.4, -0.2) is 31.4 Å². The number of carbonyl (C=O) groups is 1. The molecule has 2 aliphatic rings. The second-order valence-corrected chi connectivity index (χ2v) is 6.80. The summed E-state index contributed by atoms with van der Waals surface area (Å²) in [5.41, 5.74) is -0.223. The number of hydrogen-bond acceptors (Lipinski definition) is 4. The van der Waals surface area contributed by atoms with Crippen LogP contribution in [0.4, 0.5) is 17.6 Å². The number of oxime groups is 1. The molecule has 0 heterocycles. The summed E-state index contributed by atoms with van der Waals surface area (Å²) in [6, 6.07) is 8.76. The molecule has 0 radical (unpaired) electrons. The lowest BCUT2D eigenvalue weighted by atomic mass is 10.0. The highest BCUT2D eigenvalue weighted by Crippen LogP contribution is 2.33. The summed E-state index contributed by atoms with van der Waals surface area (Å²) in [4.78, 5) is 17.0. The first kappa shape index (κ1) is 20.9. The number of nitrogens with one attached hydrogen (secondary N) is 1. The summed E-state index contributed by atoms with van der Waals surface area (Å²) in [5, 5.41) is 5.94. The molecule has 5 nitrogen and oxygen atoms in total. The van der Waals surface area contributed by atoms with Gasteiger partial charge in [0.15, 0.2) is 11.7 Å². The smallest absolute Gasteiger partial charge is 0.387 e. The number of hydrogen-bond donors (Lipinski definition) is 1. The van der Waals surface area contributed by atoms with Crippen LogP contribution in [0.3, 0.4) is 0 Å². The van der Waals surface area contributed by atoms with Crippen LogP contribution in [0.5, 0.6) is 0 Å². The lowest BCUT2D eigenvalue weighted by Gasteiger charge is -2.20. The Balaban J connectivity index is 1.69. The zero-order valence-corrected chi connectivity index (χ0v) is 15.5. The van der Waals surface area contributed by atoms with Crippen molar-refractivity contribution < 1.29 is 31.9 Å². The van der Waals surface area contributed by atoms with Gasteiger partial charge in [-0.25, -0.2) is 8.78 Å². The molecule has 1 aromatic carbocycles. The van der Waals surface area contributed by atoms with Gasteiger partial charge >= 0.3 is 6.61 Å². The molecule has 0 saturated heterocycles. The van der Waals surface area contributed by atoms with Gasteiger partial charge in [0.05, 0.1) is 12.8 Å². The average molecular weight is 412 g/mol. The van der Waals surface area contributed by atoms with Crippen LogP contribution >= 0.6 is 0 Å². The van der Waals surface area contributed by atoms with Gasteiger partial charge < -0.3 is 14.9 Å². The molecule has 1 N–H and O–H groups in total. The summed E-state index contributed by atoms with van der Waals surface area (Å²) in [5.74, 6) is -3.34. The van der Waals surface area contributed by atoms with Gasteiger partial charge in [0.25, 0.3) is 0 Å². The average Bonchev–Trinajstić information content (AvgIpc) is 3.50. The number of benzene rings is 1. The molecule has 0 aromatic heterocycles. The summed E-state index contributed by atoms with van der Waals surface area (Å²) in [7, 11) is 0. The Labute approximate surface area is 165 Å². The molecule has 29 heavy (non-hydrogen) atoms. The highest BCUT2D eigenvalue weighted by atomic mass is 19.3. The van der Waals surface area contributed by atoms with Crippen molar-refractivity contribution >= 4 is 11.6 Å². The first-order valence-electron chi connectivity index (χ1n) is 9.16. The molecule has 9 heteroatoms. The number of nitrogens with zero attached hydrogens (tertiary/aromatic N) is 1. The Morgan fingerprint density at radius 3 is 2.55 bits per heavy atom. The monoisotopic (exact) mass is 412 g/mol. The molecule has 0 spiro atoms. The highest BCUT2D eigenvalue weighted by Gasteiger charge is 2.31. The third-order valence-electron chi connectivity index (χ3n) is 4.46. The minimum Gasteiger partial charge on any atom is -0.438 e. The zero-order chi connectivity index (χ0) is 20.8. The molecular formula is C20H20F4N2O3. The normalized spacial score (nSPS) is 18.4. The molecule has 3 rings (SSSR count). The molecule has 0 bridgehead atoms. The van der Waals surface area contributed by atoms with Gasteiger partial charge in [0, 0.05) is 12.1 Å². The summed E-state index contributed by atoms with van der Waals surface area (Å²) < 4.78 is 58.7. The van der Waals surface area contributed by atoms with Crippen LogP contribution in [0.2, 0.25) is 0 Å². The molecule has 156 valence electrons. The van der Waals surface area contributed by atoms with Crippen LogP contribution < -0.4 is 5.32 Å². The fraction of sp³-hybridized carbons (Fsp3) is 0.400. The van der Waals surface area contributed by atoms with Crippen molar-refractivity contribution in [3.05, 3.63) is 58.9 Å². The van der Waals surface area contributed by atoms with Crippen molar-refractivity contribution in [1.29, 1.82) is 0 Å². The molecule has 0 unspecified atom stereocenters. The minimum absolute atomic E-state index is 0.00862. The second-order valence-electron chi connectivity index (χ2n) is 6.80. The van der Waals surface area contributed by atoms with Gasteiger partial charge in [0.1, 0.15) is 18.1 Å². The summed E-state index contributed by atoms with van der Waals surface area (Å²) in [6.07, 6.45) is 1.46. The predicted octanol–water partition coefficient (Wildman–Crippen LogP) is 4.18. The third kappa shape index (κ3) is 6.07. The number of amides is 1. The number of rotatable bonds is 9. The summed E-state index contributed by atoms with van der Waals surface area (Å²) in [6.45, 7) is -3.47. The van der Waals surface area contributed by atoms with Crippen molar-refractivity contribution in [1.82, 2.24) is 5.32 Å². The standard InChI is InChI=1S/C20H20F4N2O3/c21-18-14(10-25-17(27)8-12-4-2-1-3-5-12)16(29-20(23)24)9-15(19(18)22)26-28-11-13-6-7-13/h1-5,13,20H,6-11H2,(H,25,27). The van der Waals surface area contributed by atoms with E-state index in [0.717, 1.165) is 18.4 Å². The minimum atomic E-state index is -3.23. The first-order valence-corrected chi connectivity index (χ1v) is 9.16. The maximum absolute atomic E-state index is 14.5. The molecular weight excluding hydrogens is 392 g/mol. The number of ether oxygens (including phenoxy) is 1. The lowest BCUT2D eigenvalue weighted by Crippen LogP contribution is -2.30. The number of carbonyl (C=O) groups excluding carboxylic acids is 1. The molecule has 1 fully saturated rings. The fourth-order valence-electron chi connectivity index (χ4n) is 2.72. The Morgan fingerprint density at radius 2 is 1.90 bits per heavy atom. The molecule has 1 aromatic rings. The zero-order valence-electron chi connectivity index (χ0n) is 15.5. The number of allylic oxidation sites excluding steroid dienone is 2. The van der Waals surface area contributed by atoms with Gasteiger partial charge in [-0.3, -0.25) is 4.79 Å². The van der Waals surface area contributed by atoms with Crippen molar-refractivity contribution in [2.24, 2.45) is 11.1 Å². The molecule has 2 aliphatic carbocycles. The fourth-order valence-corrected chi connectivity index (χ4v) is 2.72. The molecule has 1 saturated carbocycles. The highest BCUT2D eigenvalue weighted by molar-refractivity contribution is 6.01. The SMILES string of the molecule is O=C(Cc1ccccc1)NCC1=C(OC(F)F)CC(=NOCC2CC2)C(F)=C1F. The largest absolute Gasteiger partial charge is 0.438 e. The second kappa shape index (κ2) is 9.58. The van der Waals surface area contributed by atoms with Crippen molar-refractivity contribution in [3.8, 4) is 0 Å². The van der Waals surface area contributed by atoms with Crippen LogP contribution in [0, 0.1) is 5.92 Å². The molecule has 1 amide bonds. The van der Waals surface area contributed by atoms with Crippen molar-refractivity contribution in [2.45, 2.75) is 32.3 Å². The van der Waals surface area contributed by atoms with Gasteiger partial charge in [-0.15, -0.1) is 0 Å². The van der Waals surface area contributed by atoms with E-state index in [-0.39, 0.29) is 13.0 Å². The van der Waals surface area contributed by atoms with Crippen molar-refractivity contribution in [2.75, 3.05) is 13.2 Å². The quantitative estimate of drug-likeness (QED) is 0.489. The Bertz CT molecular complexity index is 833. The predicted molar refractivity (Wildman–Crippen MR) is 97.2 cm³/mol. The summed E-state index contributed by atoms with van der Waals surface area (Å²) >= 11 is 0. The van der Waals surface area contributed by atoms with Crippen molar-refractivity contribution in [3.63, 3.8) is 0 Å². The first-order chi connectivity index (χ1) is 13.9. The van der Waals surface area contributed by atoms with E-state index in [4.69, 9.17) is 4.84 Å². The van der Waals surface area contributed by atoms with E-state index in [1.807, 2.05) is 0 Å². The topological polar surface area (TPSA) is 59.9 Å².